The number of nitrogens with one attached hydrogen (secondary N) is 2. The van der Waals surface area contributed by atoms with Crippen LogP contribution >= 0.6 is 0 Å². The number of rotatable bonds is 6. The first-order chi connectivity index (χ1) is 15.0. The molecule has 0 fully saturated rings. The highest BCUT2D eigenvalue weighted by atomic mass is 16.1. The number of hydrogen-bond donors (Lipinski definition) is 2. The summed E-state index contributed by atoms with van der Waals surface area (Å²) in [5, 5.41) is 6.19. The van der Waals surface area contributed by atoms with E-state index in [-0.39, 0.29) is 5.91 Å². The molecule has 0 aliphatic rings. The summed E-state index contributed by atoms with van der Waals surface area (Å²) in [5.74, 6) is 0.731. The van der Waals surface area contributed by atoms with Crippen molar-refractivity contribution in [3.8, 4) is 0 Å². The van der Waals surface area contributed by atoms with Gasteiger partial charge in [0.1, 0.15) is 0 Å². The fraction of sp³-hybridized carbons (Fsp3) is 0.269. The van der Waals surface area contributed by atoms with E-state index in [0.717, 1.165) is 28.8 Å². The Bertz CT molecular complexity index is 1040. The molecule has 31 heavy (non-hydrogen) atoms. The Hall–Kier alpha value is -3.47. The van der Waals surface area contributed by atoms with Crippen LogP contribution in [0.5, 0.6) is 0 Å². The van der Waals surface area contributed by atoms with Crippen molar-refractivity contribution in [1.29, 1.82) is 0 Å². The number of anilines is 1. The summed E-state index contributed by atoms with van der Waals surface area (Å²) in [6.45, 7) is 8.87. The van der Waals surface area contributed by atoms with E-state index in [9.17, 15) is 4.79 Å². The van der Waals surface area contributed by atoms with Gasteiger partial charge in [-0.1, -0.05) is 32.0 Å². The van der Waals surface area contributed by atoms with E-state index in [1.165, 1.54) is 5.56 Å². The number of guanidine groups is 1. The predicted octanol–water partition coefficient (Wildman–Crippen LogP) is 5.61. The maximum absolute atomic E-state index is 12.9. The third-order valence-corrected chi connectivity index (χ3v) is 5.52. The van der Waals surface area contributed by atoms with E-state index in [1.807, 2.05) is 56.3 Å². The van der Waals surface area contributed by atoms with Crippen molar-refractivity contribution in [2.45, 2.75) is 46.6 Å². The van der Waals surface area contributed by atoms with Crippen LogP contribution in [-0.4, -0.2) is 16.9 Å². The van der Waals surface area contributed by atoms with E-state index in [1.54, 1.807) is 12.4 Å². The Balaban J connectivity index is 1.80. The maximum Gasteiger partial charge on any atom is 0.257 e. The van der Waals surface area contributed by atoms with Crippen molar-refractivity contribution < 1.29 is 4.79 Å². The van der Waals surface area contributed by atoms with Crippen molar-refractivity contribution in [3.63, 3.8) is 0 Å². The van der Waals surface area contributed by atoms with Gasteiger partial charge in [0.15, 0.2) is 0 Å². The topological polar surface area (TPSA) is 66.4 Å². The lowest BCUT2D eigenvalue weighted by atomic mass is 9.99. The molecule has 5 heteroatoms. The van der Waals surface area contributed by atoms with Gasteiger partial charge in [0.05, 0.1) is 6.54 Å². The molecule has 1 aromatic heterocycles. The molecule has 0 radical (unpaired) electrons. The van der Waals surface area contributed by atoms with Crippen molar-refractivity contribution in [2.75, 3.05) is 5.32 Å². The minimum absolute atomic E-state index is 0.194. The standard InChI is InChI=1S/C26H30N4O/c1-5-18(2)22-8-10-24(11-9-22)29-26(28-17-21-12-14-27-15-13-21)30-25(31)23-7-6-19(3)20(4)16-23/h6-16,18H,5,17H2,1-4H3,(H2,28,29,30,31). The van der Waals surface area contributed by atoms with Gasteiger partial charge in [-0.3, -0.25) is 15.1 Å². The van der Waals surface area contributed by atoms with Crippen LogP contribution in [0.15, 0.2) is 72.0 Å². The van der Waals surface area contributed by atoms with E-state index >= 15 is 0 Å². The molecule has 0 aliphatic heterocycles. The number of benzene rings is 2. The molecule has 2 N–H and O–H groups in total. The molecule has 5 nitrogen and oxygen atoms in total. The van der Waals surface area contributed by atoms with Crippen LogP contribution in [0.1, 0.15) is 58.8 Å². The van der Waals surface area contributed by atoms with Gasteiger partial charge in [0, 0.05) is 23.6 Å². The SMILES string of the molecule is CCC(C)c1ccc(NC(=NCc2ccncc2)NC(=O)c2ccc(C)c(C)c2)cc1. The summed E-state index contributed by atoms with van der Waals surface area (Å²) in [4.78, 5) is 21.5. The molecule has 1 atom stereocenters. The number of aromatic nitrogens is 1. The molecule has 1 unspecified atom stereocenters. The van der Waals surface area contributed by atoms with Crippen molar-refractivity contribution in [3.05, 3.63) is 94.8 Å². The number of nitrogens with zero attached hydrogens (tertiary/aromatic N) is 2. The zero-order valence-electron chi connectivity index (χ0n) is 18.6. The van der Waals surface area contributed by atoms with Gasteiger partial charge < -0.3 is 5.32 Å². The summed E-state index contributed by atoms with van der Waals surface area (Å²) < 4.78 is 0. The lowest BCUT2D eigenvalue weighted by Gasteiger charge is -2.14. The molecule has 0 spiro atoms. The lowest BCUT2D eigenvalue weighted by Crippen LogP contribution is -2.36. The van der Waals surface area contributed by atoms with Crippen molar-refractivity contribution in [1.82, 2.24) is 10.3 Å². The number of pyridine rings is 1. The third kappa shape index (κ3) is 6.25. The second kappa shape index (κ2) is 10.5. The van der Waals surface area contributed by atoms with Gasteiger partial charge in [-0.05, 0) is 84.8 Å². The van der Waals surface area contributed by atoms with Crippen LogP contribution in [0.25, 0.3) is 0 Å². The second-order valence-electron chi connectivity index (χ2n) is 7.83. The van der Waals surface area contributed by atoms with E-state index in [0.29, 0.717) is 24.0 Å². The first-order valence-electron chi connectivity index (χ1n) is 10.6. The largest absolute Gasteiger partial charge is 0.326 e. The minimum atomic E-state index is -0.194. The first-order valence-corrected chi connectivity index (χ1v) is 10.6. The Morgan fingerprint density at radius 1 is 1.00 bits per heavy atom. The van der Waals surface area contributed by atoms with Crippen LogP contribution in [0, 0.1) is 13.8 Å². The zero-order valence-corrected chi connectivity index (χ0v) is 18.6. The van der Waals surface area contributed by atoms with Crippen LogP contribution in [0.2, 0.25) is 0 Å². The van der Waals surface area contributed by atoms with Crippen LogP contribution < -0.4 is 10.6 Å². The number of amides is 1. The Morgan fingerprint density at radius 3 is 2.35 bits per heavy atom. The normalized spacial score (nSPS) is 12.3. The average Bonchev–Trinajstić information content (AvgIpc) is 2.79. The molecule has 0 saturated heterocycles. The van der Waals surface area contributed by atoms with Crippen LogP contribution in [0.4, 0.5) is 5.69 Å². The first kappa shape index (κ1) is 22.2. The highest BCUT2D eigenvalue weighted by molar-refractivity contribution is 6.10. The molecule has 2 aromatic carbocycles. The fourth-order valence-corrected chi connectivity index (χ4v) is 3.10. The van der Waals surface area contributed by atoms with Gasteiger partial charge >= 0.3 is 0 Å². The molecule has 0 bridgehead atoms. The predicted molar refractivity (Wildman–Crippen MR) is 128 cm³/mol. The fourth-order valence-electron chi connectivity index (χ4n) is 3.10. The third-order valence-electron chi connectivity index (χ3n) is 5.52. The summed E-state index contributed by atoms with van der Waals surface area (Å²) in [6.07, 6.45) is 4.57. The second-order valence-corrected chi connectivity index (χ2v) is 7.83. The molecule has 3 aromatic rings. The lowest BCUT2D eigenvalue weighted by molar-refractivity contribution is 0.0977. The summed E-state index contributed by atoms with van der Waals surface area (Å²) in [7, 11) is 0. The van der Waals surface area contributed by atoms with Crippen LogP contribution in [0.3, 0.4) is 0 Å². The van der Waals surface area contributed by atoms with E-state index in [4.69, 9.17) is 0 Å². The number of carbonyl (C=O) groups excluding carboxylic acids is 1. The highest BCUT2D eigenvalue weighted by Crippen LogP contribution is 2.20. The number of hydrogen-bond acceptors (Lipinski definition) is 3. The Labute approximate surface area is 184 Å². The summed E-state index contributed by atoms with van der Waals surface area (Å²) >= 11 is 0. The average molecular weight is 415 g/mol. The monoisotopic (exact) mass is 414 g/mol. The quantitative estimate of drug-likeness (QED) is 0.407. The van der Waals surface area contributed by atoms with Crippen LogP contribution in [-0.2, 0) is 6.54 Å². The van der Waals surface area contributed by atoms with E-state index in [2.05, 4.69) is 46.6 Å². The smallest absolute Gasteiger partial charge is 0.257 e. The zero-order chi connectivity index (χ0) is 22.2. The molecule has 160 valence electrons. The Kier molecular flexibility index (Phi) is 7.55. The maximum atomic E-state index is 12.9. The molecule has 1 heterocycles. The van der Waals surface area contributed by atoms with Gasteiger partial charge in [-0.15, -0.1) is 0 Å². The molecule has 0 aliphatic carbocycles. The highest BCUT2D eigenvalue weighted by Gasteiger charge is 2.11. The minimum Gasteiger partial charge on any atom is -0.326 e. The van der Waals surface area contributed by atoms with Gasteiger partial charge in [0.25, 0.3) is 5.91 Å². The number of aryl methyl sites for hydroxylation is 2. The Morgan fingerprint density at radius 2 is 1.71 bits per heavy atom. The van der Waals surface area contributed by atoms with Gasteiger partial charge in [-0.25, -0.2) is 4.99 Å². The summed E-state index contributed by atoms with van der Waals surface area (Å²) in [6, 6.07) is 17.8. The summed E-state index contributed by atoms with van der Waals surface area (Å²) in [5.41, 5.74) is 6.03. The van der Waals surface area contributed by atoms with Crippen molar-refractivity contribution >= 4 is 17.6 Å². The molecule has 1 amide bonds. The molecule has 0 saturated carbocycles. The van der Waals surface area contributed by atoms with Crippen molar-refractivity contribution in [2.24, 2.45) is 4.99 Å². The van der Waals surface area contributed by atoms with E-state index < -0.39 is 0 Å². The van der Waals surface area contributed by atoms with Gasteiger partial charge in [-0.2, -0.15) is 0 Å². The molecular formula is C26H30N4O. The molecular weight excluding hydrogens is 384 g/mol. The number of carbonyl (C=O) groups is 1. The number of aliphatic imine (C=N–C) groups is 1. The van der Waals surface area contributed by atoms with Gasteiger partial charge in [0.2, 0.25) is 5.96 Å². The molecule has 3 rings (SSSR count).